The summed E-state index contributed by atoms with van der Waals surface area (Å²) in [4.78, 5) is -1.79. The molecule has 12 aromatic rings. The van der Waals surface area contributed by atoms with Crippen molar-refractivity contribution in [1.29, 1.82) is 0 Å². The maximum atomic E-state index is 12.1. The molecule has 0 spiro atoms. The van der Waals surface area contributed by atoms with E-state index >= 15 is 0 Å². The van der Waals surface area contributed by atoms with Crippen LogP contribution in [-0.4, -0.2) is 90.5 Å². The van der Waals surface area contributed by atoms with Crippen molar-refractivity contribution in [2.75, 3.05) is 39.9 Å². The molecule has 34 heteroatoms. The zero-order valence-electron chi connectivity index (χ0n) is 54.3. The quantitative estimate of drug-likeness (QED) is 0.0201. The smallest absolute Gasteiger partial charge is 0.744 e. The second kappa shape index (κ2) is 31.2. The van der Waals surface area contributed by atoms with Crippen molar-refractivity contribution >= 4 is 140 Å². The molecule has 0 fully saturated rings. The fourth-order valence-corrected chi connectivity index (χ4v) is 13.5. The Labute approximate surface area is 626 Å². The number of hydrogen-bond acceptors (Lipinski definition) is 26. The minimum atomic E-state index is -4.84. The minimum absolute atomic E-state index is 0. The number of ether oxygens (including phenoxy) is 4. The molecule has 508 valence electrons. The topological polar surface area (TPSA) is 451 Å². The summed E-state index contributed by atoms with van der Waals surface area (Å²) in [5, 5.41) is 56.4. The van der Waals surface area contributed by atoms with Gasteiger partial charge in [0.05, 0.1) is 49.6 Å². The molecule has 0 aliphatic rings. The summed E-state index contributed by atoms with van der Waals surface area (Å²) >= 11 is 0. The first-order chi connectivity index (χ1) is 47.6. The zero-order valence-corrected chi connectivity index (χ0v) is 61.6. The van der Waals surface area contributed by atoms with Crippen molar-refractivity contribution < 1.29 is 140 Å². The van der Waals surface area contributed by atoms with Crippen molar-refractivity contribution in [2.45, 2.75) is 19.6 Å². The number of azo groups is 4. The van der Waals surface area contributed by atoms with Gasteiger partial charge in [0.2, 0.25) is 0 Å². The Kier molecular flexibility index (Phi) is 23.3. The van der Waals surface area contributed by atoms with E-state index in [1.165, 1.54) is 64.8 Å². The van der Waals surface area contributed by atoms with E-state index in [2.05, 4.69) is 40.9 Å². The monoisotopic (exact) mass is 1470 g/mol. The van der Waals surface area contributed by atoms with E-state index in [0.717, 1.165) is 24.3 Å². The number of methoxy groups -OCH3 is 4. The summed E-state index contributed by atoms with van der Waals surface area (Å²) < 4.78 is 162. The molecular weight excluding hydrogens is 1420 g/mol. The molecule has 0 aromatic heterocycles. The van der Waals surface area contributed by atoms with Crippen LogP contribution in [0.25, 0.3) is 65.3 Å². The van der Waals surface area contributed by atoms with Crippen LogP contribution in [0.4, 0.5) is 56.9 Å². The largest absolute Gasteiger partial charge is 1.00 e. The first-order valence-corrected chi connectivity index (χ1v) is 34.7. The van der Waals surface area contributed by atoms with E-state index < -0.39 is 60.1 Å². The average molecular weight is 1470 g/mol. The van der Waals surface area contributed by atoms with Crippen LogP contribution >= 0.6 is 0 Å². The molecule has 0 aliphatic carbocycles. The van der Waals surface area contributed by atoms with Gasteiger partial charge in [-0.15, -0.1) is 40.9 Å². The Hall–Kier alpha value is -9.88. The molecule has 0 radical (unpaired) electrons. The molecule has 0 aliphatic heterocycles. The molecule has 12 aromatic carbocycles. The summed E-state index contributed by atoms with van der Waals surface area (Å²) in [7, 11) is -13.3. The van der Waals surface area contributed by atoms with Crippen molar-refractivity contribution in [3.63, 3.8) is 0 Å². The average Bonchev–Trinajstić information content (AvgIpc) is 0.788. The normalized spacial score (nSPS) is 12.1. The van der Waals surface area contributed by atoms with Gasteiger partial charge in [-0.05, 0) is 95.1 Å². The summed E-state index contributed by atoms with van der Waals surface area (Å²) in [6.45, 7) is 0. The number of nitrogen functional groups attached to an aromatic ring is 2. The number of hydrogen-bond donors (Lipinski definition) is 6. The molecule has 102 heavy (non-hydrogen) atoms. The first-order valence-electron chi connectivity index (χ1n) is 29.0. The SMILES string of the molecule is COc1cc(-c2ccc(N=Nc3cc(S(=O)(=O)O)c4ccccc4c3O)c(OC)c2)ccc1N=Nc1cc(S(=O)(=O)[O-])c2ccccc2c1N.COc1cc(-c2ccc(N=Nc3cc(S(=O)(=O)O)c4ccccc4c3O)c(OC)c2)ccc1N=Nc1cc(S(=O)(=O)[O-])c2ccccc2c1N.[Na+].[Na+]. The van der Waals surface area contributed by atoms with Crippen LogP contribution in [-0.2, 0) is 40.5 Å². The van der Waals surface area contributed by atoms with Crippen molar-refractivity contribution in [3.05, 3.63) is 194 Å². The van der Waals surface area contributed by atoms with Crippen LogP contribution in [0, 0.1) is 0 Å². The molecule has 0 saturated heterocycles. The molecule has 0 heterocycles. The maximum Gasteiger partial charge on any atom is 1.00 e. The fraction of sp³-hybridized carbons (Fsp3) is 0.0588. The van der Waals surface area contributed by atoms with Crippen molar-refractivity contribution in [3.8, 4) is 56.8 Å². The zero-order chi connectivity index (χ0) is 71.6. The Morgan fingerprint density at radius 1 is 0.304 bits per heavy atom. The Morgan fingerprint density at radius 2 is 0.520 bits per heavy atom. The van der Waals surface area contributed by atoms with Gasteiger partial charge in [-0.25, -0.2) is 16.8 Å². The van der Waals surface area contributed by atoms with Crippen molar-refractivity contribution in [1.82, 2.24) is 0 Å². The molecule has 8 N–H and O–H groups in total. The van der Waals surface area contributed by atoms with E-state index in [1.54, 1.807) is 133 Å². The third kappa shape index (κ3) is 16.2. The Morgan fingerprint density at radius 3 is 0.765 bits per heavy atom. The summed E-state index contributed by atoms with van der Waals surface area (Å²) in [6.07, 6.45) is 0. The third-order valence-electron chi connectivity index (χ3n) is 15.5. The van der Waals surface area contributed by atoms with Gasteiger partial charge in [0, 0.05) is 43.1 Å². The van der Waals surface area contributed by atoms with E-state index in [1.807, 2.05) is 0 Å². The summed E-state index contributed by atoms with van der Waals surface area (Å²) in [5.41, 5.74) is 16.2. The van der Waals surface area contributed by atoms with Crippen LogP contribution in [0.15, 0.2) is 255 Å². The van der Waals surface area contributed by atoms with Crippen molar-refractivity contribution in [2.24, 2.45) is 40.9 Å². The molecule has 0 saturated carbocycles. The molecule has 0 atom stereocenters. The molecular formula is C68H52N10Na2O18S4. The number of aromatic hydroxyl groups is 2. The van der Waals surface area contributed by atoms with E-state index in [4.69, 9.17) is 30.4 Å². The standard InChI is InChI=1S/2C34H27N5O9S2.2Na/c2*1-47-29-15-19(11-13-25(29)36-38-27-17-31(49(41,42)43)21-7-3-5-9-23(21)33(27)35)20-12-14-26(30(16-20)48-2)37-39-28-18-32(50(44,45)46)22-8-4-6-10-24(22)34(28)40;;/h2*3-18,40H,35H2,1-2H3,(H,41,42,43)(H,44,45,46);;/q;;2*+1/p-2. The number of benzene rings is 12. The van der Waals surface area contributed by atoms with E-state index in [9.17, 15) is 62.1 Å². The number of phenolic OH excluding ortho intramolecular Hbond substituents is 2. The number of anilines is 2. The first kappa shape index (κ1) is 76.3. The van der Waals surface area contributed by atoms with Gasteiger partial charge in [-0.2, -0.15) is 16.8 Å². The van der Waals surface area contributed by atoms with E-state index in [0.29, 0.717) is 56.0 Å². The number of rotatable bonds is 18. The Bertz CT molecular complexity index is 5230. The van der Waals surface area contributed by atoms with Gasteiger partial charge in [0.25, 0.3) is 20.2 Å². The minimum Gasteiger partial charge on any atom is -0.744 e. The summed E-state index contributed by atoms with van der Waals surface area (Å²) in [5.74, 6) is 0.560. The second-order valence-electron chi connectivity index (χ2n) is 21.5. The Balaban J connectivity index is 0.000000233. The number of fused-ring (bicyclic) bond motifs is 4. The predicted molar refractivity (Wildman–Crippen MR) is 370 cm³/mol. The van der Waals surface area contributed by atoms with Gasteiger partial charge >= 0.3 is 59.1 Å². The molecule has 28 nitrogen and oxygen atoms in total. The second-order valence-corrected chi connectivity index (χ2v) is 27.0. The van der Waals surface area contributed by atoms with Crippen LogP contribution in [0.5, 0.6) is 34.5 Å². The molecule has 0 bridgehead atoms. The summed E-state index contributed by atoms with van der Waals surface area (Å²) in [6, 6.07) is 49.2. The molecule has 12 rings (SSSR count). The number of nitrogens with zero attached hydrogens (tertiary/aromatic N) is 8. The molecule has 0 amide bonds. The maximum absolute atomic E-state index is 12.1. The van der Waals surface area contributed by atoms with Crippen LogP contribution in [0.1, 0.15) is 0 Å². The van der Waals surface area contributed by atoms with Crippen LogP contribution in [0.2, 0.25) is 0 Å². The number of nitrogens with two attached hydrogens (primary N) is 2. The predicted octanol–water partition coefficient (Wildman–Crippen LogP) is 9.90. The van der Waals surface area contributed by atoms with Crippen LogP contribution < -0.4 is 89.5 Å². The van der Waals surface area contributed by atoms with Gasteiger partial charge < -0.3 is 49.7 Å². The van der Waals surface area contributed by atoms with Gasteiger partial charge in [-0.3, -0.25) is 9.11 Å². The van der Waals surface area contributed by atoms with E-state index in [-0.39, 0.29) is 160 Å². The fourth-order valence-electron chi connectivity index (χ4n) is 10.7. The van der Waals surface area contributed by atoms with Gasteiger partial charge in [0.1, 0.15) is 98.5 Å². The molecule has 0 unspecified atom stereocenters. The van der Waals surface area contributed by atoms with Gasteiger partial charge in [0.15, 0.2) is 11.5 Å². The number of phenols is 2. The van der Waals surface area contributed by atoms with Gasteiger partial charge in [-0.1, -0.05) is 121 Å². The van der Waals surface area contributed by atoms with Crippen LogP contribution in [0.3, 0.4) is 0 Å². The third-order valence-corrected chi connectivity index (χ3v) is 19.1.